The third-order valence-electron chi connectivity index (χ3n) is 5.77. The lowest BCUT2D eigenvalue weighted by Crippen LogP contribution is -2.40. The average Bonchev–Trinajstić information content (AvgIpc) is 3.39. The fourth-order valence-electron chi connectivity index (χ4n) is 4.01. The van der Waals surface area contributed by atoms with E-state index in [1.165, 1.54) is 0 Å². The SMILES string of the molecule is OCC(O)[C@H]1O[C@H](c2ccc(Cl)c(Cc3ccc(O[C@H]4CCOC4)cc3)c2)[C@H](O)[C@H]1O. The first-order valence-corrected chi connectivity index (χ1v) is 10.8. The fourth-order valence-corrected chi connectivity index (χ4v) is 4.20. The second kappa shape index (κ2) is 9.83. The van der Waals surface area contributed by atoms with Crippen LogP contribution in [0.15, 0.2) is 42.5 Å². The summed E-state index contributed by atoms with van der Waals surface area (Å²) in [5.41, 5.74) is 2.52. The highest BCUT2D eigenvalue weighted by molar-refractivity contribution is 6.31. The minimum atomic E-state index is -1.30. The third-order valence-corrected chi connectivity index (χ3v) is 6.14. The zero-order chi connectivity index (χ0) is 22.0. The van der Waals surface area contributed by atoms with Crippen molar-refractivity contribution in [3.8, 4) is 5.75 Å². The molecule has 2 aromatic carbocycles. The molecular formula is C23H27ClO7. The second-order valence-corrected chi connectivity index (χ2v) is 8.43. The van der Waals surface area contributed by atoms with Gasteiger partial charge in [-0.15, -0.1) is 0 Å². The highest BCUT2D eigenvalue weighted by atomic mass is 35.5. The molecule has 2 aliphatic rings. The number of aliphatic hydroxyl groups is 4. The van der Waals surface area contributed by atoms with E-state index in [9.17, 15) is 15.3 Å². The van der Waals surface area contributed by atoms with Crippen molar-refractivity contribution in [1.29, 1.82) is 0 Å². The molecule has 31 heavy (non-hydrogen) atoms. The lowest BCUT2D eigenvalue weighted by Gasteiger charge is -2.19. The minimum absolute atomic E-state index is 0.0957. The highest BCUT2D eigenvalue weighted by Crippen LogP contribution is 2.36. The third kappa shape index (κ3) is 5.04. The second-order valence-electron chi connectivity index (χ2n) is 8.03. The summed E-state index contributed by atoms with van der Waals surface area (Å²) >= 11 is 6.40. The first-order chi connectivity index (χ1) is 15.0. The molecule has 2 heterocycles. The van der Waals surface area contributed by atoms with Crippen LogP contribution in [0.1, 0.15) is 29.2 Å². The van der Waals surface area contributed by atoms with Gasteiger partial charge in [-0.25, -0.2) is 0 Å². The van der Waals surface area contributed by atoms with Crippen molar-refractivity contribution in [2.24, 2.45) is 0 Å². The molecule has 6 atom stereocenters. The summed E-state index contributed by atoms with van der Waals surface area (Å²) < 4.78 is 16.9. The first kappa shape index (κ1) is 22.5. The molecule has 0 saturated carbocycles. The lowest BCUT2D eigenvalue weighted by atomic mass is 9.96. The van der Waals surface area contributed by atoms with E-state index >= 15 is 0 Å². The maximum Gasteiger partial charge on any atom is 0.124 e. The highest BCUT2D eigenvalue weighted by Gasteiger charge is 2.46. The topological polar surface area (TPSA) is 109 Å². The molecule has 2 fully saturated rings. The van der Waals surface area contributed by atoms with Crippen molar-refractivity contribution in [3.63, 3.8) is 0 Å². The van der Waals surface area contributed by atoms with Gasteiger partial charge in [0.05, 0.1) is 19.8 Å². The molecule has 0 aliphatic carbocycles. The van der Waals surface area contributed by atoms with Crippen LogP contribution >= 0.6 is 11.6 Å². The number of rotatable bonds is 7. The monoisotopic (exact) mass is 450 g/mol. The van der Waals surface area contributed by atoms with Crippen molar-refractivity contribution in [1.82, 2.24) is 0 Å². The molecule has 168 valence electrons. The molecule has 1 unspecified atom stereocenters. The summed E-state index contributed by atoms with van der Waals surface area (Å²) in [5, 5.41) is 40.1. The largest absolute Gasteiger partial charge is 0.488 e. The van der Waals surface area contributed by atoms with Gasteiger partial charge in [-0.1, -0.05) is 35.9 Å². The predicted molar refractivity (Wildman–Crippen MR) is 113 cm³/mol. The Morgan fingerprint density at radius 1 is 1.10 bits per heavy atom. The van der Waals surface area contributed by atoms with E-state index in [4.69, 9.17) is 30.9 Å². The fraction of sp³-hybridized carbons (Fsp3) is 0.478. The standard InChI is InChI=1S/C23H27ClO7/c24-18-6-3-14(22-20(27)21(28)23(31-22)19(26)11-25)10-15(18)9-13-1-4-16(5-2-13)30-17-7-8-29-12-17/h1-6,10,17,19-23,25-28H,7-9,11-12H2/t17-,19?,20+,21+,22+,23+/m0/s1. The summed E-state index contributed by atoms with van der Waals surface area (Å²) in [6.45, 7) is 0.776. The van der Waals surface area contributed by atoms with E-state index in [1.54, 1.807) is 12.1 Å². The van der Waals surface area contributed by atoms with E-state index in [0.29, 0.717) is 23.6 Å². The molecular weight excluding hydrogens is 424 g/mol. The molecule has 2 aliphatic heterocycles. The normalized spacial score (nSPS) is 29.3. The van der Waals surface area contributed by atoms with Crippen LogP contribution < -0.4 is 4.74 Å². The summed E-state index contributed by atoms with van der Waals surface area (Å²) in [4.78, 5) is 0. The molecule has 0 amide bonds. The van der Waals surface area contributed by atoms with E-state index in [0.717, 1.165) is 29.9 Å². The number of benzene rings is 2. The van der Waals surface area contributed by atoms with Gasteiger partial charge in [0.25, 0.3) is 0 Å². The smallest absolute Gasteiger partial charge is 0.124 e. The Labute approximate surface area is 185 Å². The molecule has 0 aromatic heterocycles. The molecule has 0 radical (unpaired) electrons. The number of halogens is 1. The van der Waals surface area contributed by atoms with Crippen LogP contribution in [0.5, 0.6) is 5.75 Å². The van der Waals surface area contributed by atoms with Gasteiger partial charge in [-0.05, 0) is 41.3 Å². The van der Waals surface area contributed by atoms with Gasteiger partial charge in [0, 0.05) is 11.4 Å². The van der Waals surface area contributed by atoms with Crippen LogP contribution in [0.2, 0.25) is 5.02 Å². The minimum Gasteiger partial charge on any atom is -0.488 e. The van der Waals surface area contributed by atoms with Crippen LogP contribution in [-0.4, -0.2) is 70.8 Å². The van der Waals surface area contributed by atoms with Gasteiger partial charge >= 0.3 is 0 Å². The van der Waals surface area contributed by atoms with Crippen molar-refractivity contribution in [2.45, 2.75) is 49.5 Å². The first-order valence-electron chi connectivity index (χ1n) is 10.4. The van der Waals surface area contributed by atoms with E-state index in [-0.39, 0.29) is 6.10 Å². The van der Waals surface area contributed by atoms with Crippen molar-refractivity contribution < 1.29 is 34.6 Å². The Hall–Kier alpha value is -1.71. The zero-order valence-electron chi connectivity index (χ0n) is 16.9. The average molecular weight is 451 g/mol. The number of hydrogen-bond donors (Lipinski definition) is 4. The molecule has 4 N–H and O–H groups in total. The Kier molecular flexibility index (Phi) is 7.13. The Bertz CT molecular complexity index is 869. The number of aliphatic hydroxyl groups excluding tert-OH is 4. The molecule has 4 rings (SSSR count). The summed E-state index contributed by atoms with van der Waals surface area (Å²) in [6, 6.07) is 13.1. The summed E-state index contributed by atoms with van der Waals surface area (Å²) in [7, 11) is 0. The molecule has 8 heteroatoms. The molecule has 7 nitrogen and oxygen atoms in total. The van der Waals surface area contributed by atoms with Crippen molar-refractivity contribution in [3.05, 3.63) is 64.2 Å². The van der Waals surface area contributed by atoms with Crippen molar-refractivity contribution in [2.75, 3.05) is 19.8 Å². The van der Waals surface area contributed by atoms with Gasteiger partial charge in [0.15, 0.2) is 0 Å². The van der Waals surface area contributed by atoms with Gasteiger partial charge in [0.1, 0.15) is 42.4 Å². The Balaban J connectivity index is 1.47. The number of ether oxygens (including phenoxy) is 3. The van der Waals surface area contributed by atoms with Crippen LogP contribution in [0.25, 0.3) is 0 Å². The van der Waals surface area contributed by atoms with E-state index in [1.807, 2.05) is 30.3 Å². The Morgan fingerprint density at radius 2 is 1.87 bits per heavy atom. The summed E-state index contributed by atoms with van der Waals surface area (Å²) in [5.74, 6) is 0.795. The Morgan fingerprint density at radius 3 is 2.55 bits per heavy atom. The van der Waals surface area contributed by atoms with Crippen LogP contribution in [0.3, 0.4) is 0 Å². The van der Waals surface area contributed by atoms with E-state index < -0.39 is 37.1 Å². The zero-order valence-corrected chi connectivity index (χ0v) is 17.7. The maximum absolute atomic E-state index is 10.4. The maximum atomic E-state index is 10.4. The van der Waals surface area contributed by atoms with E-state index in [2.05, 4.69) is 0 Å². The van der Waals surface area contributed by atoms with Gasteiger partial charge in [0.2, 0.25) is 0 Å². The molecule has 2 aromatic rings. The van der Waals surface area contributed by atoms with Crippen LogP contribution in [-0.2, 0) is 15.9 Å². The van der Waals surface area contributed by atoms with Crippen LogP contribution in [0, 0.1) is 0 Å². The van der Waals surface area contributed by atoms with Gasteiger partial charge < -0.3 is 34.6 Å². The summed E-state index contributed by atoms with van der Waals surface area (Å²) in [6.07, 6.45) is -4.15. The quantitative estimate of drug-likeness (QED) is 0.507. The number of hydrogen-bond acceptors (Lipinski definition) is 7. The van der Waals surface area contributed by atoms with Gasteiger partial charge in [-0.3, -0.25) is 0 Å². The molecule has 0 spiro atoms. The molecule has 0 bridgehead atoms. The predicted octanol–water partition coefficient (Wildman–Crippen LogP) is 1.61. The molecule has 2 saturated heterocycles. The van der Waals surface area contributed by atoms with Gasteiger partial charge in [-0.2, -0.15) is 0 Å². The van der Waals surface area contributed by atoms with Crippen LogP contribution in [0.4, 0.5) is 0 Å². The lowest BCUT2D eigenvalue weighted by molar-refractivity contribution is -0.0820. The van der Waals surface area contributed by atoms with Crippen molar-refractivity contribution >= 4 is 11.6 Å².